The molecule has 0 spiro atoms. The molecule has 3 nitrogen and oxygen atoms in total. The summed E-state index contributed by atoms with van der Waals surface area (Å²) in [5.74, 6) is -0.194. The van der Waals surface area contributed by atoms with Crippen LogP contribution >= 0.6 is 0 Å². The van der Waals surface area contributed by atoms with Crippen molar-refractivity contribution in [3.63, 3.8) is 0 Å². The summed E-state index contributed by atoms with van der Waals surface area (Å²) in [5, 5.41) is 11.5. The summed E-state index contributed by atoms with van der Waals surface area (Å²) in [6, 6.07) is 19.4. The molecule has 0 bridgehead atoms. The SMILES string of the molecule is O=C(Oc1ccccc1)c1c(O)ccc2ccccc12. The summed E-state index contributed by atoms with van der Waals surface area (Å²) < 4.78 is 5.29. The van der Waals surface area contributed by atoms with Crippen LogP contribution in [0.1, 0.15) is 10.4 Å². The summed E-state index contributed by atoms with van der Waals surface area (Å²) in [7, 11) is 0. The number of fused-ring (bicyclic) bond motifs is 1. The number of rotatable bonds is 2. The van der Waals surface area contributed by atoms with Gasteiger partial charge in [0, 0.05) is 0 Å². The Bertz CT molecular complexity index is 764. The van der Waals surface area contributed by atoms with E-state index in [9.17, 15) is 9.90 Å². The predicted molar refractivity (Wildman–Crippen MR) is 77.0 cm³/mol. The number of phenols is 1. The molecule has 20 heavy (non-hydrogen) atoms. The molecule has 3 rings (SSSR count). The fourth-order valence-electron chi connectivity index (χ4n) is 2.12. The molecule has 98 valence electrons. The number of phenolic OH excluding ortho intramolecular Hbond substituents is 1. The standard InChI is InChI=1S/C17H12O3/c18-15-11-10-12-6-4-5-9-14(12)16(15)17(19)20-13-7-2-1-3-8-13/h1-11,18H. The van der Waals surface area contributed by atoms with Crippen molar-refractivity contribution in [2.24, 2.45) is 0 Å². The molecular weight excluding hydrogens is 252 g/mol. The van der Waals surface area contributed by atoms with Crippen molar-refractivity contribution in [2.75, 3.05) is 0 Å². The summed E-state index contributed by atoms with van der Waals surface area (Å²) in [4.78, 5) is 12.3. The number of carbonyl (C=O) groups excluding carboxylic acids is 1. The van der Waals surface area contributed by atoms with Crippen LogP contribution in [-0.4, -0.2) is 11.1 Å². The highest BCUT2D eigenvalue weighted by molar-refractivity contribution is 6.07. The first-order chi connectivity index (χ1) is 9.75. The second-order valence-corrected chi connectivity index (χ2v) is 4.38. The molecule has 0 unspecified atom stereocenters. The molecule has 0 atom stereocenters. The highest BCUT2D eigenvalue weighted by atomic mass is 16.5. The van der Waals surface area contributed by atoms with E-state index >= 15 is 0 Å². The van der Waals surface area contributed by atoms with Crippen LogP contribution in [0.3, 0.4) is 0 Å². The lowest BCUT2D eigenvalue weighted by molar-refractivity contribution is 0.0734. The highest BCUT2D eigenvalue weighted by Crippen LogP contribution is 2.28. The molecule has 3 aromatic carbocycles. The molecule has 0 saturated heterocycles. The van der Waals surface area contributed by atoms with E-state index in [-0.39, 0.29) is 11.3 Å². The average Bonchev–Trinajstić information content (AvgIpc) is 2.48. The molecule has 0 radical (unpaired) electrons. The van der Waals surface area contributed by atoms with Crippen LogP contribution in [0.5, 0.6) is 11.5 Å². The zero-order valence-corrected chi connectivity index (χ0v) is 10.6. The number of para-hydroxylation sites is 1. The van der Waals surface area contributed by atoms with Crippen LogP contribution < -0.4 is 4.74 Å². The van der Waals surface area contributed by atoms with Crippen molar-refractivity contribution in [1.29, 1.82) is 0 Å². The van der Waals surface area contributed by atoms with Gasteiger partial charge in [-0.1, -0.05) is 48.5 Å². The van der Waals surface area contributed by atoms with Crippen LogP contribution in [0, 0.1) is 0 Å². The third kappa shape index (κ3) is 2.21. The maximum absolute atomic E-state index is 12.3. The number of esters is 1. The van der Waals surface area contributed by atoms with E-state index in [1.807, 2.05) is 24.3 Å². The Morgan fingerprint density at radius 1 is 0.850 bits per heavy atom. The molecule has 0 amide bonds. The van der Waals surface area contributed by atoms with Crippen LogP contribution in [0.4, 0.5) is 0 Å². The molecule has 0 aliphatic rings. The van der Waals surface area contributed by atoms with E-state index in [1.165, 1.54) is 6.07 Å². The predicted octanol–water partition coefficient (Wildman–Crippen LogP) is 3.76. The van der Waals surface area contributed by atoms with Gasteiger partial charge in [-0.05, 0) is 29.0 Å². The largest absolute Gasteiger partial charge is 0.507 e. The van der Waals surface area contributed by atoms with Crippen LogP contribution in [-0.2, 0) is 0 Å². The Morgan fingerprint density at radius 2 is 1.55 bits per heavy atom. The van der Waals surface area contributed by atoms with E-state index < -0.39 is 5.97 Å². The molecule has 0 fully saturated rings. The molecule has 0 aromatic heterocycles. The third-order valence-electron chi connectivity index (χ3n) is 3.06. The number of hydrogen-bond acceptors (Lipinski definition) is 3. The zero-order chi connectivity index (χ0) is 13.9. The van der Waals surface area contributed by atoms with Crippen LogP contribution in [0.25, 0.3) is 10.8 Å². The van der Waals surface area contributed by atoms with Gasteiger partial charge in [0.1, 0.15) is 17.1 Å². The van der Waals surface area contributed by atoms with Gasteiger partial charge in [-0.2, -0.15) is 0 Å². The third-order valence-corrected chi connectivity index (χ3v) is 3.06. The molecule has 0 saturated carbocycles. The smallest absolute Gasteiger partial charge is 0.347 e. The van der Waals surface area contributed by atoms with Gasteiger partial charge in [0.05, 0.1) is 0 Å². The summed E-state index contributed by atoms with van der Waals surface area (Å²) in [6.45, 7) is 0. The summed E-state index contributed by atoms with van der Waals surface area (Å²) in [5.41, 5.74) is 0.187. The Morgan fingerprint density at radius 3 is 2.35 bits per heavy atom. The zero-order valence-electron chi connectivity index (χ0n) is 10.6. The van der Waals surface area contributed by atoms with Gasteiger partial charge >= 0.3 is 5.97 Å². The first-order valence-electron chi connectivity index (χ1n) is 6.23. The van der Waals surface area contributed by atoms with Gasteiger partial charge < -0.3 is 9.84 Å². The molecule has 3 heteroatoms. The molecule has 0 aliphatic carbocycles. The fourth-order valence-corrected chi connectivity index (χ4v) is 2.12. The minimum atomic E-state index is -0.564. The highest BCUT2D eigenvalue weighted by Gasteiger charge is 2.17. The van der Waals surface area contributed by atoms with Crippen molar-refractivity contribution < 1.29 is 14.6 Å². The quantitative estimate of drug-likeness (QED) is 0.566. The molecular formula is C17H12O3. The first kappa shape index (κ1) is 12.2. The maximum atomic E-state index is 12.3. The van der Waals surface area contributed by atoms with E-state index in [1.54, 1.807) is 36.4 Å². The van der Waals surface area contributed by atoms with Gasteiger partial charge in [-0.15, -0.1) is 0 Å². The van der Waals surface area contributed by atoms with Crippen molar-refractivity contribution in [2.45, 2.75) is 0 Å². The normalized spacial score (nSPS) is 10.4. The van der Waals surface area contributed by atoms with Crippen molar-refractivity contribution >= 4 is 16.7 Å². The van der Waals surface area contributed by atoms with Crippen LogP contribution in [0.15, 0.2) is 66.7 Å². The lowest BCUT2D eigenvalue weighted by atomic mass is 10.0. The monoisotopic (exact) mass is 264 g/mol. The van der Waals surface area contributed by atoms with E-state index in [2.05, 4.69) is 0 Å². The Kier molecular flexibility index (Phi) is 3.09. The van der Waals surface area contributed by atoms with Gasteiger partial charge in [-0.3, -0.25) is 0 Å². The lowest BCUT2D eigenvalue weighted by Gasteiger charge is -2.09. The molecule has 0 aliphatic heterocycles. The van der Waals surface area contributed by atoms with Gasteiger partial charge in [-0.25, -0.2) is 4.79 Å². The minimum Gasteiger partial charge on any atom is -0.507 e. The van der Waals surface area contributed by atoms with E-state index in [0.29, 0.717) is 11.1 Å². The average molecular weight is 264 g/mol. The van der Waals surface area contributed by atoms with Crippen LogP contribution in [0.2, 0.25) is 0 Å². The number of ether oxygens (including phenoxy) is 1. The van der Waals surface area contributed by atoms with Gasteiger partial charge in [0.2, 0.25) is 0 Å². The number of carbonyl (C=O) groups is 1. The number of aromatic hydroxyl groups is 1. The van der Waals surface area contributed by atoms with E-state index in [0.717, 1.165) is 5.39 Å². The second-order valence-electron chi connectivity index (χ2n) is 4.38. The molecule has 0 heterocycles. The minimum absolute atomic E-state index is 0.0790. The summed E-state index contributed by atoms with van der Waals surface area (Å²) >= 11 is 0. The van der Waals surface area contributed by atoms with E-state index in [4.69, 9.17) is 4.74 Å². The Balaban J connectivity index is 2.05. The second kappa shape index (κ2) is 5.05. The lowest BCUT2D eigenvalue weighted by Crippen LogP contribution is -2.09. The first-order valence-corrected chi connectivity index (χ1v) is 6.23. The Hall–Kier alpha value is -2.81. The molecule has 3 aromatic rings. The van der Waals surface area contributed by atoms with Crippen molar-refractivity contribution in [1.82, 2.24) is 0 Å². The van der Waals surface area contributed by atoms with Crippen molar-refractivity contribution in [3.05, 3.63) is 72.3 Å². The fraction of sp³-hybridized carbons (Fsp3) is 0. The molecule has 1 N–H and O–H groups in total. The summed E-state index contributed by atoms with van der Waals surface area (Å²) in [6.07, 6.45) is 0. The maximum Gasteiger partial charge on any atom is 0.347 e. The number of benzene rings is 3. The van der Waals surface area contributed by atoms with Gasteiger partial charge in [0.15, 0.2) is 0 Å². The Labute approximate surface area is 116 Å². The van der Waals surface area contributed by atoms with Gasteiger partial charge in [0.25, 0.3) is 0 Å². The number of hydrogen-bond donors (Lipinski definition) is 1. The topological polar surface area (TPSA) is 46.5 Å². The van der Waals surface area contributed by atoms with Crippen molar-refractivity contribution in [3.8, 4) is 11.5 Å².